The van der Waals surface area contributed by atoms with Crippen molar-refractivity contribution in [3.63, 3.8) is 0 Å². The van der Waals surface area contributed by atoms with Crippen LogP contribution in [-0.2, 0) is 0 Å². The first-order valence-electron chi connectivity index (χ1n) is 11.7. The summed E-state index contributed by atoms with van der Waals surface area (Å²) in [5.74, 6) is -0.509. The summed E-state index contributed by atoms with van der Waals surface area (Å²) in [5.41, 5.74) is 2.96. The van der Waals surface area contributed by atoms with Crippen molar-refractivity contribution in [3.8, 4) is 16.9 Å². The van der Waals surface area contributed by atoms with E-state index in [1.807, 2.05) is 45.2 Å². The Morgan fingerprint density at radius 1 is 1.14 bits per heavy atom. The SMILES string of the molecule is Cc1cccc(F)c1-n1nc2c(-c3ccc(N4CCN(C)C(C(C)(C)O)C4)cc3)n[nH]c2cc1=O. The van der Waals surface area contributed by atoms with Crippen molar-refractivity contribution >= 4 is 16.7 Å². The van der Waals surface area contributed by atoms with E-state index in [-0.39, 0.29) is 11.7 Å². The number of aromatic amines is 1. The summed E-state index contributed by atoms with van der Waals surface area (Å²) in [6, 6.07) is 14.1. The highest BCUT2D eigenvalue weighted by Gasteiger charge is 2.35. The molecule has 3 heterocycles. The number of H-pyrrole nitrogens is 1. The molecule has 1 aliphatic rings. The number of nitrogens with one attached hydrogen (secondary N) is 1. The molecule has 2 N–H and O–H groups in total. The standard InChI is InChI=1S/C26H29FN6O2/c1-16-6-5-7-19(27)25(16)33-22(34)14-20-24(30-33)23(29-28-20)17-8-10-18(11-9-17)32-13-12-31(4)21(15-32)26(2,3)35/h5-11,14,21,28,35H,12-13,15H2,1-4H3. The van der Waals surface area contributed by atoms with Crippen LogP contribution in [0.5, 0.6) is 0 Å². The highest BCUT2D eigenvalue weighted by molar-refractivity contribution is 5.89. The molecule has 2 aromatic heterocycles. The third-order valence-corrected chi connectivity index (χ3v) is 6.81. The number of nitrogens with zero attached hydrogens (tertiary/aromatic N) is 5. The predicted molar refractivity (Wildman–Crippen MR) is 135 cm³/mol. The van der Waals surface area contributed by atoms with E-state index in [2.05, 4.69) is 25.1 Å². The Morgan fingerprint density at radius 2 is 1.89 bits per heavy atom. The lowest BCUT2D eigenvalue weighted by molar-refractivity contribution is -0.0140. The predicted octanol–water partition coefficient (Wildman–Crippen LogP) is 3.11. The maximum Gasteiger partial charge on any atom is 0.273 e. The van der Waals surface area contributed by atoms with Crippen molar-refractivity contribution in [2.45, 2.75) is 32.4 Å². The van der Waals surface area contributed by atoms with Crippen LogP contribution in [-0.4, -0.2) is 68.3 Å². The van der Waals surface area contributed by atoms with Gasteiger partial charge in [-0.15, -0.1) is 0 Å². The summed E-state index contributed by atoms with van der Waals surface area (Å²) in [5, 5.41) is 22.3. The number of aryl methyl sites for hydroxylation is 1. The zero-order valence-corrected chi connectivity index (χ0v) is 20.3. The van der Waals surface area contributed by atoms with Crippen LogP contribution in [0.1, 0.15) is 19.4 Å². The fourth-order valence-corrected chi connectivity index (χ4v) is 4.84. The van der Waals surface area contributed by atoms with Crippen LogP contribution in [0, 0.1) is 12.7 Å². The van der Waals surface area contributed by atoms with E-state index in [0.29, 0.717) is 22.3 Å². The van der Waals surface area contributed by atoms with Crippen LogP contribution in [0.3, 0.4) is 0 Å². The molecular formula is C26H29FN6O2. The minimum absolute atomic E-state index is 0.0222. The fourth-order valence-electron chi connectivity index (χ4n) is 4.84. The van der Waals surface area contributed by atoms with Crippen molar-refractivity contribution < 1.29 is 9.50 Å². The number of rotatable bonds is 4. The van der Waals surface area contributed by atoms with E-state index < -0.39 is 17.0 Å². The second kappa shape index (κ2) is 8.58. The van der Waals surface area contributed by atoms with E-state index in [1.165, 1.54) is 12.1 Å². The van der Waals surface area contributed by atoms with Crippen LogP contribution >= 0.6 is 0 Å². The summed E-state index contributed by atoms with van der Waals surface area (Å²) in [4.78, 5) is 17.2. The number of halogens is 1. The first-order valence-corrected chi connectivity index (χ1v) is 11.7. The molecule has 5 rings (SSSR count). The number of para-hydroxylation sites is 1. The van der Waals surface area contributed by atoms with Gasteiger partial charge < -0.3 is 10.0 Å². The molecule has 0 saturated carbocycles. The monoisotopic (exact) mass is 476 g/mol. The topological polar surface area (TPSA) is 90.3 Å². The van der Waals surface area contributed by atoms with Gasteiger partial charge in [0, 0.05) is 37.0 Å². The highest BCUT2D eigenvalue weighted by atomic mass is 19.1. The first-order chi connectivity index (χ1) is 16.6. The maximum atomic E-state index is 14.6. The minimum Gasteiger partial charge on any atom is -0.389 e. The lowest BCUT2D eigenvalue weighted by Gasteiger charge is -2.45. The Hall–Kier alpha value is -3.56. The molecule has 2 aromatic carbocycles. The zero-order chi connectivity index (χ0) is 24.9. The quantitative estimate of drug-likeness (QED) is 0.471. The molecule has 1 saturated heterocycles. The van der Waals surface area contributed by atoms with E-state index in [9.17, 15) is 14.3 Å². The Balaban J connectivity index is 1.49. The Kier molecular flexibility index (Phi) is 5.69. The van der Waals surface area contributed by atoms with Crippen LogP contribution in [0.4, 0.5) is 10.1 Å². The highest BCUT2D eigenvalue weighted by Crippen LogP contribution is 2.29. The van der Waals surface area contributed by atoms with E-state index in [1.54, 1.807) is 19.1 Å². The molecule has 1 unspecified atom stereocenters. The average Bonchev–Trinajstić information content (AvgIpc) is 3.21. The average molecular weight is 477 g/mol. The lowest BCUT2D eigenvalue weighted by atomic mass is 9.95. The molecule has 9 heteroatoms. The first kappa shape index (κ1) is 23.2. The normalized spacial score (nSPS) is 17.3. The van der Waals surface area contributed by atoms with E-state index in [0.717, 1.165) is 35.6 Å². The number of likely N-dealkylation sites (N-methyl/N-ethyl adjacent to an activating group) is 1. The largest absolute Gasteiger partial charge is 0.389 e. The number of aromatic nitrogens is 4. The number of aliphatic hydroxyl groups is 1. The zero-order valence-electron chi connectivity index (χ0n) is 20.3. The Bertz CT molecular complexity index is 1420. The van der Waals surface area contributed by atoms with Crippen molar-refractivity contribution in [3.05, 3.63) is 70.3 Å². The van der Waals surface area contributed by atoms with Crippen molar-refractivity contribution in [2.75, 3.05) is 31.6 Å². The van der Waals surface area contributed by atoms with Crippen LogP contribution < -0.4 is 10.5 Å². The molecule has 8 nitrogen and oxygen atoms in total. The molecule has 0 bridgehead atoms. The summed E-state index contributed by atoms with van der Waals surface area (Å²) in [6.45, 7) is 7.88. The van der Waals surface area contributed by atoms with Crippen molar-refractivity contribution in [2.24, 2.45) is 0 Å². The fraction of sp³-hybridized carbons (Fsp3) is 0.346. The van der Waals surface area contributed by atoms with Gasteiger partial charge >= 0.3 is 0 Å². The molecule has 182 valence electrons. The summed E-state index contributed by atoms with van der Waals surface area (Å²) in [7, 11) is 2.04. The van der Waals surface area contributed by atoms with Gasteiger partial charge in [-0.3, -0.25) is 14.8 Å². The van der Waals surface area contributed by atoms with Crippen LogP contribution in [0.15, 0.2) is 53.3 Å². The lowest BCUT2D eigenvalue weighted by Crippen LogP contribution is -2.59. The second-order valence-corrected chi connectivity index (χ2v) is 9.78. The van der Waals surface area contributed by atoms with Gasteiger partial charge in [-0.25, -0.2) is 4.39 Å². The summed E-state index contributed by atoms with van der Waals surface area (Å²) in [6.07, 6.45) is 0. The molecule has 0 spiro atoms. The Morgan fingerprint density at radius 3 is 2.57 bits per heavy atom. The van der Waals surface area contributed by atoms with Crippen LogP contribution in [0.25, 0.3) is 28.0 Å². The van der Waals surface area contributed by atoms with E-state index in [4.69, 9.17) is 0 Å². The summed E-state index contributed by atoms with van der Waals surface area (Å²) >= 11 is 0. The number of hydrogen-bond acceptors (Lipinski definition) is 6. The number of fused-ring (bicyclic) bond motifs is 1. The molecule has 1 aliphatic heterocycles. The van der Waals surface area contributed by atoms with Gasteiger partial charge in [0.25, 0.3) is 5.56 Å². The van der Waals surface area contributed by atoms with Crippen molar-refractivity contribution in [1.82, 2.24) is 24.9 Å². The van der Waals surface area contributed by atoms with Gasteiger partial charge in [0.15, 0.2) is 0 Å². The van der Waals surface area contributed by atoms with Crippen LogP contribution in [0.2, 0.25) is 0 Å². The second-order valence-electron chi connectivity index (χ2n) is 9.78. The number of hydrogen-bond donors (Lipinski definition) is 2. The third-order valence-electron chi connectivity index (χ3n) is 6.81. The van der Waals surface area contributed by atoms with Gasteiger partial charge in [-0.05, 0) is 51.6 Å². The van der Waals surface area contributed by atoms with Gasteiger partial charge in [0.1, 0.15) is 22.7 Å². The number of benzene rings is 2. The number of piperazine rings is 1. The molecule has 0 radical (unpaired) electrons. The molecule has 1 fully saturated rings. The van der Waals surface area contributed by atoms with Gasteiger partial charge in [-0.1, -0.05) is 24.3 Å². The minimum atomic E-state index is -0.806. The maximum absolute atomic E-state index is 14.6. The molecule has 4 aromatic rings. The number of anilines is 1. The van der Waals surface area contributed by atoms with E-state index >= 15 is 0 Å². The smallest absolute Gasteiger partial charge is 0.273 e. The van der Waals surface area contributed by atoms with Gasteiger partial charge in [0.2, 0.25) is 0 Å². The molecule has 0 aliphatic carbocycles. The van der Waals surface area contributed by atoms with Gasteiger partial charge in [-0.2, -0.15) is 14.9 Å². The Labute approximate surface area is 202 Å². The molecular weight excluding hydrogens is 447 g/mol. The molecule has 0 amide bonds. The molecule has 1 atom stereocenters. The summed E-state index contributed by atoms with van der Waals surface area (Å²) < 4.78 is 15.7. The molecule has 35 heavy (non-hydrogen) atoms. The van der Waals surface area contributed by atoms with Gasteiger partial charge in [0.05, 0.1) is 17.2 Å². The third kappa shape index (κ3) is 4.21. The van der Waals surface area contributed by atoms with Crippen molar-refractivity contribution in [1.29, 1.82) is 0 Å².